The van der Waals surface area contributed by atoms with E-state index in [0.29, 0.717) is 5.02 Å². The Morgan fingerprint density at radius 2 is 1.68 bits per heavy atom. The number of hydrogen-bond acceptors (Lipinski definition) is 2. The summed E-state index contributed by atoms with van der Waals surface area (Å²) in [6.07, 6.45) is 2.96. The Morgan fingerprint density at radius 3 is 2.43 bits per heavy atom. The first-order chi connectivity index (χ1) is 13.6. The zero-order valence-corrected chi connectivity index (χ0v) is 16.5. The van der Waals surface area contributed by atoms with Crippen LogP contribution in [0.4, 0.5) is 0 Å². The van der Waals surface area contributed by atoms with Gasteiger partial charge in [-0.3, -0.25) is 4.79 Å². The van der Waals surface area contributed by atoms with E-state index < -0.39 is 11.5 Å². The standard InChI is InChI=1S/C24H24ClNO2/c25-19-12-10-18(11-13-19)24(14-3-4-15-24)23(28)26-16-22(27)21-9-5-7-17-6-1-2-8-20(17)21/h1-2,5-13,22,27H,3-4,14-16H2,(H,26,28). The Morgan fingerprint density at radius 1 is 1.00 bits per heavy atom. The van der Waals surface area contributed by atoms with Gasteiger partial charge in [0.05, 0.1) is 11.5 Å². The highest BCUT2D eigenvalue weighted by Crippen LogP contribution is 2.41. The van der Waals surface area contributed by atoms with E-state index in [1.165, 1.54) is 0 Å². The van der Waals surface area contributed by atoms with Gasteiger partial charge in [0.2, 0.25) is 5.91 Å². The van der Waals surface area contributed by atoms with Crippen LogP contribution in [-0.4, -0.2) is 17.6 Å². The molecule has 3 aromatic carbocycles. The number of aliphatic hydroxyl groups is 1. The average molecular weight is 394 g/mol. The summed E-state index contributed by atoms with van der Waals surface area (Å²) in [4.78, 5) is 13.2. The van der Waals surface area contributed by atoms with Gasteiger partial charge in [0.1, 0.15) is 0 Å². The monoisotopic (exact) mass is 393 g/mol. The molecule has 2 N–H and O–H groups in total. The second-order valence-electron chi connectivity index (χ2n) is 7.59. The van der Waals surface area contributed by atoms with E-state index in [-0.39, 0.29) is 12.5 Å². The maximum Gasteiger partial charge on any atom is 0.230 e. The Bertz CT molecular complexity index is 972. The molecule has 0 heterocycles. The minimum atomic E-state index is -0.751. The number of nitrogens with one attached hydrogen (secondary N) is 1. The van der Waals surface area contributed by atoms with Gasteiger partial charge in [0.15, 0.2) is 0 Å². The van der Waals surface area contributed by atoms with E-state index in [1.54, 1.807) is 0 Å². The number of halogens is 1. The number of rotatable bonds is 5. The van der Waals surface area contributed by atoms with Crippen molar-refractivity contribution in [3.8, 4) is 0 Å². The van der Waals surface area contributed by atoms with Crippen molar-refractivity contribution in [3.63, 3.8) is 0 Å². The molecule has 3 nitrogen and oxygen atoms in total. The maximum absolute atomic E-state index is 13.2. The maximum atomic E-state index is 13.2. The Kier molecular flexibility index (Phi) is 5.38. The van der Waals surface area contributed by atoms with Gasteiger partial charge >= 0.3 is 0 Å². The average Bonchev–Trinajstić information content (AvgIpc) is 3.23. The van der Waals surface area contributed by atoms with E-state index in [1.807, 2.05) is 66.7 Å². The van der Waals surface area contributed by atoms with E-state index in [4.69, 9.17) is 11.6 Å². The molecule has 0 bridgehead atoms. The summed E-state index contributed by atoms with van der Waals surface area (Å²) >= 11 is 6.03. The molecule has 1 fully saturated rings. The van der Waals surface area contributed by atoms with Crippen LogP contribution in [0.2, 0.25) is 5.02 Å². The van der Waals surface area contributed by atoms with Crippen LogP contribution in [0.15, 0.2) is 66.7 Å². The fourth-order valence-corrected chi connectivity index (χ4v) is 4.53. The van der Waals surface area contributed by atoms with Crippen molar-refractivity contribution >= 4 is 28.3 Å². The highest BCUT2D eigenvalue weighted by atomic mass is 35.5. The molecule has 0 aromatic heterocycles. The summed E-state index contributed by atoms with van der Waals surface area (Å²) in [7, 11) is 0. The van der Waals surface area contributed by atoms with Gasteiger partial charge < -0.3 is 10.4 Å². The molecule has 1 unspecified atom stereocenters. The normalized spacial score (nSPS) is 16.8. The van der Waals surface area contributed by atoms with Crippen molar-refractivity contribution in [1.29, 1.82) is 0 Å². The first-order valence-corrected chi connectivity index (χ1v) is 10.2. The lowest BCUT2D eigenvalue weighted by Crippen LogP contribution is -2.44. The molecule has 1 amide bonds. The number of benzene rings is 3. The zero-order valence-electron chi connectivity index (χ0n) is 15.7. The van der Waals surface area contributed by atoms with Crippen LogP contribution < -0.4 is 5.32 Å². The predicted octanol–water partition coefficient (Wildman–Crippen LogP) is 5.15. The summed E-state index contributed by atoms with van der Waals surface area (Å²) in [5, 5.41) is 16.6. The van der Waals surface area contributed by atoms with Gasteiger partial charge in [-0.1, -0.05) is 79.0 Å². The molecular formula is C24H24ClNO2. The lowest BCUT2D eigenvalue weighted by molar-refractivity contribution is -0.127. The van der Waals surface area contributed by atoms with Gasteiger partial charge in [-0.2, -0.15) is 0 Å². The van der Waals surface area contributed by atoms with Crippen molar-refractivity contribution in [2.75, 3.05) is 6.54 Å². The van der Waals surface area contributed by atoms with Gasteiger partial charge in [-0.25, -0.2) is 0 Å². The van der Waals surface area contributed by atoms with Gasteiger partial charge in [-0.05, 0) is 46.9 Å². The lowest BCUT2D eigenvalue weighted by Gasteiger charge is -2.29. The summed E-state index contributed by atoms with van der Waals surface area (Å²) in [5.41, 5.74) is 1.32. The van der Waals surface area contributed by atoms with Crippen molar-refractivity contribution in [2.45, 2.75) is 37.2 Å². The molecule has 4 rings (SSSR count). The molecule has 28 heavy (non-hydrogen) atoms. The number of aliphatic hydroxyl groups excluding tert-OH is 1. The Hall–Kier alpha value is -2.36. The summed E-state index contributed by atoms with van der Waals surface area (Å²) in [6, 6.07) is 21.4. The third-order valence-corrected chi connectivity index (χ3v) is 6.18. The molecule has 0 saturated heterocycles. The zero-order chi connectivity index (χ0) is 19.6. The molecule has 1 aliphatic rings. The third-order valence-electron chi connectivity index (χ3n) is 5.93. The number of carbonyl (C=O) groups is 1. The summed E-state index contributed by atoms with van der Waals surface area (Å²) < 4.78 is 0. The van der Waals surface area contributed by atoms with Crippen LogP contribution in [0.5, 0.6) is 0 Å². The second-order valence-corrected chi connectivity index (χ2v) is 8.03. The molecule has 0 aliphatic heterocycles. The van der Waals surface area contributed by atoms with Crippen molar-refractivity contribution in [2.24, 2.45) is 0 Å². The SMILES string of the molecule is O=C(NCC(O)c1cccc2ccccc12)C1(c2ccc(Cl)cc2)CCCC1. The van der Waals surface area contributed by atoms with Crippen LogP contribution in [0.3, 0.4) is 0 Å². The predicted molar refractivity (Wildman–Crippen MR) is 114 cm³/mol. The fraction of sp³-hybridized carbons (Fsp3) is 0.292. The van der Waals surface area contributed by atoms with Crippen molar-refractivity contribution < 1.29 is 9.90 Å². The van der Waals surface area contributed by atoms with E-state index in [9.17, 15) is 9.90 Å². The second kappa shape index (κ2) is 7.94. The van der Waals surface area contributed by atoms with Gasteiger partial charge in [0.25, 0.3) is 0 Å². The fourth-order valence-electron chi connectivity index (χ4n) is 4.40. The molecule has 0 spiro atoms. The molecule has 0 radical (unpaired) electrons. The number of amides is 1. The molecule has 3 aromatic rings. The minimum Gasteiger partial charge on any atom is -0.387 e. The Balaban J connectivity index is 1.53. The molecule has 1 atom stereocenters. The quantitative estimate of drug-likeness (QED) is 0.629. The third kappa shape index (κ3) is 3.52. The summed E-state index contributed by atoms with van der Waals surface area (Å²) in [5.74, 6) is -0.00777. The van der Waals surface area contributed by atoms with Crippen LogP contribution >= 0.6 is 11.6 Å². The topological polar surface area (TPSA) is 49.3 Å². The highest BCUT2D eigenvalue weighted by molar-refractivity contribution is 6.30. The molecular weight excluding hydrogens is 370 g/mol. The minimum absolute atomic E-state index is 0.00777. The van der Waals surface area contributed by atoms with Crippen LogP contribution in [-0.2, 0) is 10.2 Å². The van der Waals surface area contributed by atoms with Crippen molar-refractivity contribution in [1.82, 2.24) is 5.32 Å². The molecule has 4 heteroatoms. The number of fused-ring (bicyclic) bond motifs is 1. The number of carbonyl (C=O) groups excluding carboxylic acids is 1. The first kappa shape index (κ1) is 19.0. The first-order valence-electron chi connectivity index (χ1n) is 9.80. The molecule has 1 aliphatic carbocycles. The van der Waals surface area contributed by atoms with E-state index in [0.717, 1.165) is 47.6 Å². The highest BCUT2D eigenvalue weighted by Gasteiger charge is 2.42. The largest absolute Gasteiger partial charge is 0.387 e. The molecule has 144 valence electrons. The smallest absolute Gasteiger partial charge is 0.230 e. The van der Waals surface area contributed by atoms with Crippen LogP contribution in [0, 0.1) is 0 Å². The summed E-state index contributed by atoms with van der Waals surface area (Å²) in [6.45, 7) is 0.197. The van der Waals surface area contributed by atoms with E-state index in [2.05, 4.69) is 5.32 Å². The van der Waals surface area contributed by atoms with Crippen molar-refractivity contribution in [3.05, 3.63) is 82.9 Å². The van der Waals surface area contributed by atoms with Gasteiger partial charge in [0, 0.05) is 11.6 Å². The lowest BCUT2D eigenvalue weighted by atomic mass is 9.78. The van der Waals surface area contributed by atoms with Crippen LogP contribution in [0.25, 0.3) is 10.8 Å². The van der Waals surface area contributed by atoms with Gasteiger partial charge in [-0.15, -0.1) is 0 Å². The van der Waals surface area contributed by atoms with E-state index >= 15 is 0 Å². The number of hydrogen-bond donors (Lipinski definition) is 2. The molecule has 1 saturated carbocycles. The van der Waals surface area contributed by atoms with Crippen LogP contribution in [0.1, 0.15) is 42.9 Å². The Labute approximate surface area is 170 Å².